The van der Waals surface area contributed by atoms with Gasteiger partial charge in [-0.1, -0.05) is 48.9 Å². The molecule has 1 aliphatic rings. The van der Waals surface area contributed by atoms with Crippen LogP contribution in [0.15, 0.2) is 54.6 Å². The van der Waals surface area contributed by atoms with Crippen LogP contribution in [-0.2, 0) is 12.8 Å². The van der Waals surface area contributed by atoms with Gasteiger partial charge in [-0.3, -0.25) is 9.59 Å². The Kier molecular flexibility index (Phi) is 5.64. The van der Waals surface area contributed by atoms with Crippen molar-refractivity contribution in [2.24, 2.45) is 11.7 Å². The third-order valence-electron chi connectivity index (χ3n) is 6.09. The number of anilines is 1. The first-order valence-electron chi connectivity index (χ1n) is 10.8. The highest BCUT2D eigenvalue weighted by Crippen LogP contribution is 2.40. The lowest BCUT2D eigenvalue weighted by atomic mass is 9.88. The minimum absolute atomic E-state index is 0.294. The number of nitrogens with one attached hydrogen (secondary N) is 1. The molecule has 1 atom stereocenters. The Morgan fingerprint density at radius 1 is 1.15 bits per heavy atom. The Hall–Kier alpha value is -3.22. The predicted molar refractivity (Wildman–Crippen MR) is 134 cm³/mol. The molecule has 0 fully saturated rings. The molecule has 5 nitrogen and oxygen atoms in total. The molecule has 0 saturated heterocycles. The summed E-state index contributed by atoms with van der Waals surface area (Å²) in [6.07, 6.45) is 2.71. The number of rotatable bonds is 4. The smallest absolute Gasteiger partial charge is 0.257 e. The number of para-hydroxylation sites is 1. The number of carbonyl (C=O) groups excluding carboxylic acids is 2. The number of pyridine rings is 1. The molecule has 33 heavy (non-hydrogen) atoms. The van der Waals surface area contributed by atoms with Gasteiger partial charge in [0.15, 0.2) is 0 Å². The van der Waals surface area contributed by atoms with Gasteiger partial charge < -0.3 is 11.1 Å². The Balaban J connectivity index is 1.58. The fourth-order valence-electron chi connectivity index (χ4n) is 4.40. The summed E-state index contributed by atoms with van der Waals surface area (Å²) in [4.78, 5) is 31.7. The van der Waals surface area contributed by atoms with Crippen LogP contribution in [-0.4, -0.2) is 16.8 Å². The van der Waals surface area contributed by atoms with Crippen molar-refractivity contribution in [2.45, 2.75) is 26.2 Å². The summed E-state index contributed by atoms with van der Waals surface area (Å²) in [7, 11) is 0. The van der Waals surface area contributed by atoms with E-state index in [0.29, 0.717) is 38.3 Å². The number of fused-ring (bicyclic) bond motifs is 2. The number of hydrogen-bond acceptors (Lipinski definition) is 4. The molecule has 0 unspecified atom stereocenters. The van der Waals surface area contributed by atoms with E-state index >= 15 is 0 Å². The molecule has 1 aliphatic carbocycles. The molecular formula is C26H22ClN3O2S. The molecule has 7 heteroatoms. The van der Waals surface area contributed by atoms with Gasteiger partial charge in [-0.2, -0.15) is 0 Å². The zero-order valence-electron chi connectivity index (χ0n) is 18.0. The van der Waals surface area contributed by atoms with Gasteiger partial charge in [0.25, 0.3) is 11.8 Å². The van der Waals surface area contributed by atoms with Crippen LogP contribution in [0.3, 0.4) is 0 Å². The molecule has 0 saturated carbocycles. The number of benzene rings is 2. The molecule has 0 spiro atoms. The largest absolute Gasteiger partial charge is 0.365 e. The summed E-state index contributed by atoms with van der Waals surface area (Å²) >= 11 is 7.50. The minimum Gasteiger partial charge on any atom is -0.365 e. The quantitative estimate of drug-likeness (QED) is 0.374. The maximum Gasteiger partial charge on any atom is 0.257 e. The summed E-state index contributed by atoms with van der Waals surface area (Å²) in [6, 6.07) is 16.6. The average molecular weight is 476 g/mol. The second-order valence-corrected chi connectivity index (χ2v) is 9.99. The second-order valence-electron chi connectivity index (χ2n) is 8.45. The fraction of sp³-hybridized carbons (Fsp3) is 0.192. The number of nitrogens with two attached hydrogens (primary N) is 1. The van der Waals surface area contributed by atoms with Crippen LogP contribution in [0.4, 0.5) is 5.00 Å². The molecule has 2 amide bonds. The summed E-state index contributed by atoms with van der Waals surface area (Å²) in [5.74, 6) is -0.247. The summed E-state index contributed by atoms with van der Waals surface area (Å²) in [5.41, 5.74) is 9.90. The number of amides is 2. The van der Waals surface area contributed by atoms with Gasteiger partial charge in [0.05, 0.1) is 22.3 Å². The van der Waals surface area contributed by atoms with Crippen molar-refractivity contribution in [3.63, 3.8) is 0 Å². The van der Waals surface area contributed by atoms with Crippen molar-refractivity contribution >= 4 is 50.7 Å². The number of thiophene rings is 1. The summed E-state index contributed by atoms with van der Waals surface area (Å²) in [6.45, 7) is 2.20. The van der Waals surface area contributed by atoms with E-state index in [4.69, 9.17) is 22.3 Å². The van der Waals surface area contributed by atoms with E-state index in [1.54, 1.807) is 18.2 Å². The van der Waals surface area contributed by atoms with Gasteiger partial charge in [0, 0.05) is 20.8 Å². The Labute approximate surface area is 200 Å². The van der Waals surface area contributed by atoms with Gasteiger partial charge >= 0.3 is 0 Å². The number of hydrogen-bond donors (Lipinski definition) is 2. The maximum atomic E-state index is 13.5. The summed E-state index contributed by atoms with van der Waals surface area (Å²) < 4.78 is 0. The molecule has 166 valence electrons. The van der Waals surface area contributed by atoms with Crippen LogP contribution in [0.25, 0.3) is 22.2 Å². The predicted octanol–water partition coefficient (Wildman–Crippen LogP) is 6.09. The molecule has 4 aromatic rings. The average Bonchev–Trinajstić information content (AvgIpc) is 3.15. The van der Waals surface area contributed by atoms with Gasteiger partial charge in [-0.05, 0) is 55.0 Å². The molecule has 2 aromatic carbocycles. The first-order valence-corrected chi connectivity index (χ1v) is 12.0. The van der Waals surface area contributed by atoms with E-state index in [-0.39, 0.29) is 5.91 Å². The number of nitrogens with zero attached hydrogens (tertiary/aromatic N) is 1. The van der Waals surface area contributed by atoms with Crippen molar-refractivity contribution in [2.75, 3.05) is 5.32 Å². The molecule has 2 aromatic heterocycles. The van der Waals surface area contributed by atoms with Crippen molar-refractivity contribution in [3.8, 4) is 11.3 Å². The van der Waals surface area contributed by atoms with Gasteiger partial charge in [-0.25, -0.2) is 4.98 Å². The number of primary amides is 1. The standard InChI is InChI=1S/C26H22ClN3O2S/c1-14-6-11-18-22(12-14)33-26(23(18)24(28)31)30-25(32)19-13-21(15-7-9-16(27)10-8-15)29-20-5-3-2-4-17(19)20/h2-5,7-10,13-14H,6,11-12H2,1H3,(H2,28,31)(H,30,32)/t14-/m0/s1. The van der Waals surface area contributed by atoms with Crippen LogP contribution in [0, 0.1) is 5.92 Å². The lowest BCUT2D eigenvalue weighted by Gasteiger charge is -2.18. The Morgan fingerprint density at radius 3 is 2.67 bits per heavy atom. The van der Waals surface area contributed by atoms with Gasteiger partial charge in [0.2, 0.25) is 0 Å². The van der Waals surface area contributed by atoms with Gasteiger partial charge in [0.1, 0.15) is 5.00 Å². The Morgan fingerprint density at radius 2 is 1.91 bits per heavy atom. The molecule has 5 rings (SSSR count). The SMILES string of the molecule is C[C@H]1CCc2c(sc(NC(=O)c3cc(-c4ccc(Cl)cc4)nc4ccccc34)c2C(N)=O)C1. The topological polar surface area (TPSA) is 85.1 Å². The Bertz CT molecular complexity index is 1390. The van der Waals surface area contributed by atoms with E-state index in [0.717, 1.165) is 40.7 Å². The highest BCUT2D eigenvalue weighted by Gasteiger charge is 2.27. The number of halogens is 1. The van der Waals surface area contributed by atoms with E-state index in [9.17, 15) is 9.59 Å². The van der Waals surface area contributed by atoms with Gasteiger partial charge in [-0.15, -0.1) is 11.3 Å². The van der Waals surface area contributed by atoms with E-state index in [1.165, 1.54) is 11.3 Å². The number of aromatic nitrogens is 1. The lowest BCUT2D eigenvalue weighted by Crippen LogP contribution is -2.19. The van der Waals surface area contributed by atoms with E-state index in [1.807, 2.05) is 36.4 Å². The van der Waals surface area contributed by atoms with E-state index < -0.39 is 5.91 Å². The molecule has 0 bridgehead atoms. The minimum atomic E-state index is -0.501. The highest BCUT2D eigenvalue weighted by molar-refractivity contribution is 7.17. The maximum absolute atomic E-state index is 13.5. The van der Waals surface area contributed by atoms with Crippen molar-refractivity contribution in [1.82, 2.24) is 4.98 Å². The highest BCUT2D eigenvalue weighted by atomic mass is 35.5. The third kappa shape index (κ3) is 4.12. The zero-order chi connectivity index (χ0) is 23.1. The van der Waals surface area contributed by atoms with Crippen LogP contribution < -0.4 is 11.1 Å². The third-order valence-corrected chi connectivity index (χ3v) is 7.51. The van der Waals surface area contributed by atoms with Crippen LogP contribution in [0.5, 0.6) is 0 Å². The van der Waals surface area contributed by atoms with Crippen LogP contribution in [0.1, 0.15) is 44.5 Å². The van der Waals surface area contributed by atoms with Crippen molar-refractivity contribution in [1.29, 1.82) is 0 Å². The molecule has 3 N–H and O–H groups in total. The monoisotopic (exact) mass is 475 g/mol. The lowest BCUT2D eigenvalue weighted by molar-refractivity contribution is 0.1000. The van der Waals surface area contributed by atoms with E-state index in [2.05, 4.69) is 12.2 Å². The fourth-order valence-corrected chi connectivity index (χ4v) is 5.94. The zero-order valence-corrected chi connectivity index (χ0v) is 19.6. The molecule has 0 aliphatic heterocycles. The van der Waals surface area contributed by atoms with Crippen LogP contribution in [0.2, 0.25) is 5.02 Å². The van der Waals surface area contributed by atoms with Crippen molar-refractivity contribution < 1.29 is 9.59 Å². The molecular weight excluding hydrogens is 454 g/mol. The number of carbonyl (C=O) groups is 2. The first kappa shape index (κ1) is 21.6. The summed E-state index contributed by atoms with van der Waals surface area (Å²) in [5, 5.41) is 4.89. The first-order chi connectivity index (χ1) is 15.9. The second kappa shape index (κ2) is 8.61. The molecule has 2 heterocycles. The van der Waals surface area contributed by atoms with Crippen LogP contribution >= 0.6 is 22.9 Å². The molecule has 0 radical (unpaired) electrons. The van der Waals surface area contributed by atoms with Crippen molar-refractivity contribution in [3.05, 3.63) is 81.2 Å². The normalized spacial score (nSPS) is 15.3.